The van der Waals surface area contributed by atoms with Gasteiger partial charge < -0.3 is 15.0 Å². The SMILES string of the molecule is CCOc1ccc(N(CC(=O)N(Cc2cccc(Cl)c2)[C@H](C)C(=O)NC(C)C)S(=O)(=O)c2ccc(F)cc2)cc1. The first-order valence-electron chi connectivity index (χ1n) is 12.8. The second-order valence-corrected chi connectivity index (χ2v) is 11.7. The summed E-state index contributed by atoms with van der Waals surface area (Å²) >= 11 is 6.15. The lowest BCUT2D eigenvalue weighted by atomic mass is 10.1. The Kier molecular flexibility index (Phi) is 10.5. The molecule has 0 bridgehead atoms. The van der Waals surface area contributed by atoms with Gasteiger partial charge in [0, 0.05) is 17.6 Å². The smallest absolute Gasteiger partial charge is 0.264 e. The van der Waals surface area contributed by atoms with Crippen LogP contribution >= 0.6 is 11.6 Å². The molecule has 0 aliphatic carbocycles. The Balaban J connectivity index is 2.03. The highest BCUT2D eigenvalue weighted by atomic mass is 35.5. The van der Waals surface area contributed by atoms with Crippen molar-refractivity contribution in [2.24, 2.45) is 0 Å². The summed E-state index contributed by atoms with van der Waals surface area (Å²) < 4.78 is 47.5. The van der Waals surface area contributed by atoms with Crippen LogP contribution in [0.5, 0.6) is 5.75 Å². The van der Waals surface area contributed by atoms with Gasteiger partial charge in [-0.3, -0.25) is 13.9 Å². The van der Waals surface area contributed by atoms with Gasteiger partial charge in [-0.25, -0.2) is 12.8 Å². The van der Waals surface area contributed by atoms with Crippen molar-refractivity contribution in [3.05, 3.63) is 89.2 Å². The molecule has 11 heteroatoms. The second-order valence-electron chi connectivity index (χ2n) is 9.38. The van der Waals surface area contributed by atoms with E-state index in [4.69, 9.17) is 16.3 Å². The lowest BCUT2D eigenvalue weighted by molar-refractivity contribution is -0.139. The lowest BCUT2D eigenvalue weighted by Crippen LogP contribution is -2.52. The third-order valence-electron chi connectivity index (χ3n) is 5.96. The predicted octanol–water partition coefficient (Wildman–Crippen LogP) is 5.02. The third-order valence-corrected chi connectivity index (χ3v) is 7.98. The number of ether oxygens (including phenoxy) is 1. The van der Waals surface area contributed by atoms with Crippen molar-refractivity contribution < 1.29 is 27.1 Å². The molecule has 0 saturated heterocycles. The molecular weight excluding hydrogens is 557 g/mol. The Hall–Kier alpha value is -3.63. The van der Waals surface area contributed by atoms with E-state index >= 15 is 0 Å². The molecule has 1 N–H and O–H groups in total. The van der Waals surface area contributed by atoms with Crippen molar-refractivity contribution in [3.8, 4) is 5.75 Å². The van der Waals surface area contributed by atoms with E-state index in [1.807, 2.05) is 6.92 Å². The summed E-state index contributed by atoms with van der Waals surface area (Å²) in [4.78, 5) is 27.9. The molecule has 0 spiro atoms. The summed E-state index contributed by atoms with van der Waals surface area (Å²) in [6.45, 7) is 6.82. The maximum Gasteiger partial charge on any atom is 0.264 e. The van der Waals surface area contributed by atoms with Gasteiger partial charge in [0.2, 0.25) is 11.8 Å². The van der Waals surface area contributed by atoms with E-state index in [-0.39, 0.29) is 29.1 Å². The summed E-state index contributed by atoms with van der Waals surface area (Å²) in [7, 11) is -4.31. The number of sulfonamides is 1. The Morgan fingerprint density at radius 1 is 1.00 bits per heavy atom. The van der Waals surface area contributed by atoms with Crippen molar-refractivity contribution in [2.75, 3.05) is 17.5 Å². The predicted molar refractivity (Wildman–Crippen MR) is 153 cm³/mol. The van der Waals surface area contributed by atoms with Crippen molar-refractivity contribution in [1.29, 1.82) is 0 Å². The quantitative estimate of drug-likeness (QED) is 0.320. The molecule has 0 aliphatic heterocycles. The van der Waals surface area contributed by atoms with Gasteiger partial charge in [0.05, 0.1) is 17.2 Å². The monoisotopic (exact) mass is 589 g/mol. The number of benzene rings is 3. The number of halogens is 2. The molecule has 3 aromatic carbocycles. The van der Waals surface area contributed by atoms with Crippen LogP contribution < -0.4 is 14.4 Å². The zero-order valence-electron chi connectivity index (χ0n) is 22.8. The van der Waals surface area contributed by atoms with Crippen LogP contribution in [0, 0.1) is 5.82 Å². The van der Waals surface area contributed by atoms with Crippen LogP contribution in [0.3, 0.4) is 0 Å². The lowest BCUT2D eigenvalue weighted by Gasteiger charge is -2.32. The first kappa shape index (κ1) is 30.9. The van der Waals surface area contributed by atoms with Gasteiger partial charge >= 0.3 is 0 Å². The first-order chi connectivity index (χ1) is 18.9. The first-order valence-corrected chi connectivity index (χ1v) is 14.6. The number of hydrogen-bond donors (Lipinski definition) is 1. The number of nitrogens with zero attached hydrogens (tertiary/aromatic N) is 2. The van der Waals surface area contributed by atoms with E-state index in [1.54, 1.807) is 57.2 Å². The fourth-order valence-electron chi connectivity index (χ4n) is 3.96. The van der Waals surface area contributed by atoms with Crippen LogP contribution in [0.15, 0.2) is 77.7 Å². The zero-order valence-corrected chi connectivity index (χ0v) is 24.4. The Labute approximate surface area is 239 Å². The highest BCUT2D eigenvalue weighted by molar-refractivity contribution is 7.92. The average molecular weight is 590 g/mol. The van der Waals surface area contributed by atoms with Crippen molar-refractivity contribution in [2.45, 2.75) is 51.2 Å². The van der Waals surface area contributed by atoms with E-state index in [9.17, 15) is 22.4 Å². The fraction of sp³-hybridized carbons (Fsp3) is 0.310. The zero-order chi connectivity index (χ0) is 29.4. The topological polar surface area (TPSA) is 96.0 Å². The van der Waals surface area contributed by atoms with Gasteiger partial charge in [-0.05, 0) is 93.9 Å². The largest absolute Gasteiger partial charge is 0.494 e. The molecule has 0 saturated carbocycles. The molecule has 1 atom stereocenters. The standard InChI is InChI=1S/C29H33ClFN3O5S/c1-5-39-26-13-11-25(12-14-26)34(40(37,38)27-15-9-24(31)10-16-27)19-28(35)33(21(4)29(36)32-20(2)3)18-22-7-6-8-23(30)17-22/h6-17,20-21H,5,18-19H2,1-4H3,(H,32,36)/t21-/m1/s1. The molecule has 0 radical (unpaired) electrons. The van der Waals surface area contributed by atoms with E-state index in [0.29, 0.717) is 22.9 Å². The molecule has 3 rings (SSSR count). The molecule has 0 heterocycles. The Morgan fingerprint density at radius 3 is 2.23 bits per heavy atom. The molecule has 0 fully saturated rings. The van der Waals surface area contributed by atoms with E-state index in [1.165, 1.54) is 17.0 Å². The number of nitrogens with one attached hydrogen (secondary N) is 1. The highest BCUT2D eigenvalue weighted by Crippen LogP contribution is 2.27. The summed E-state index contributed by atoms with van der Waals surface area (Å²) in [6, 6.07) is 16.3. The number of rotatable bonds is 12. The van der Waals surface area contributed by atoms with Gasteiger partial charge in [-0.15, -0.1) is 0 Å². The third kappa shape index (κ3) is 7.95. The molecule has 2 amide bonds. The molecular formula is C29H33ClFN3O5S. The highest BCUT2D eigenvalue weighted by Gasteiger charge is 2.32. The van der Waals surface area contributed by atoms with Gasteiger partial charge in [0.15, 0.2) is 0 Å². The molecule has 0 unspecified atom stereocenters. The minimum atomic E-state index is -4.31. The minimum absolute atomic E-state index is 0.0137. The number of hydrogen-bond acceptors (Lipinski definition) is 5. The van der Waals surface area contributed by atoms with Crippen LogP contribution in [0.1, 0.15) is 33.3 Å². The number of anilines is 1. The van der Waals surface area contributed by atoms with Crippen molar-refractivity contribution >= 4 is 39.1 Å². The summed E-state index contributed by atoms with van der Waals surface area (Å²) in [5.41, 5.74) is 0.863. The van der Waals surface area contributed by atoms with E-state index in [0.717, 1.165) is 28.6 Å². The minimum Gasteiger partial charge on any atom is -0.494 e. The summed E-state index contributed by atoms with van der Waals surface area (Å²) in [6.07, 6.45) is 0. The van der Waals surface area contributed by atoms with Crippen molar-refractivity contribution in [1.82, 2.24) is 10.2 Å². The molecule has 40 heavy (non-hydrogen) atoms. The van der Waals surface area contributed by atoms with Crippen LogP contribution in [0.25, 0.3) is 0 Å². The van der Waals surface area contributed by atoms with Crippen LogP contribution in [-0.4, -0.2) is 50.4 Å². The van der Waals surface area contributed by atoms with E-state index in [2.05, 4.69) is 5.32 Å². The number of carbonyl (C=O) groups is 2. The van der Waals surface area contributed by atoms with Crippen LogP contribution in [0.2, 0.25) is 5.02 Å². The Bertz CT molecular complexity index is 1420. The number of amides is 2. The molecule has 0 aliphatic rings. The number of carbonyl (C=O) groups excluding carboxylic acids is 2. The summed E-state index contributed by atoms with van der Waals surface area (Å²) in [5, 5.41) is 3.26. The Morgan fingerprint density at radius 2 is 1.65 bits per heavy atom. The maximum absolute atomic E-state index is 13.9. The fourth-order valence-corrected chi connectivity index (χ4v) is 5.58. The van der Waals surface area contributed by atoms with Gasteiger partial charge in [-0.2, -0.15) is 0 Å². The molecule has 214 valence electrons. The maximum atomic E-state index is 13.9. The normalized spacial score (nSPS) is 12.1. The molecule has 0 aromatic heterocycles. The molecule has 8 nitrogen and oxygen atoms in total. The molecule has 3 aromatic rings. The van der Waals surface area contributed by atoms with Crippen LogP contribution in [0.4, 0.5) is 10.1 Å². The average Bonchev–Trinajstić information content (AvgIpc) is 2.90. The van der Waals surface area contributed by atoms with Gasteiger partial charge in [0.1, 0.15) is 24.2 Å². The summed E-state index contributed by atoms with van der Waals surface area (Å²) in [5.74, 6) is -1.08. The van der Waals surface area contributed by atoms with Crippen molar-refractivity contribution in [3.63, 3.8) is 0 Å². The van der Waals surface area contributed by atoms with E-state index < -0.39 is 34.3 Å². The van der Waals surface area contributed by atoms with Gasteiger partial charge in [0.25, 0.3) is 10.0 Å². The second kappa shape index (κ2) is 13.6. The van der Waals surface area contributed by atoms with Crippen LogP contribution in [-0.2, 0) is 26.2 Å². The van der Waals surface area contributed by atoms with Gasteiger partial charge in [-0.1, -0.05) is 23.7 Å².